The van der Waals surface area contributed by atoms with Crippen molar-refractivity contribution >= 4 is 34.8 Å². The van der Waals surface area contributed by atoms with Crippen molar-refractivity contribution in [2.75, 3.05) is 14.1 Å². The summed E-state index contributed by atoms with van der Waals surface area (Å²) in [4.78, 5) is 39.8. The molecule has 0 radical (unpaired) electrons. The minimum Gasteiger partial charge on any atom is -0.508 e. The molecule has 1 aromatic rings. The van der Waals surface area contributed by atoms with Gasteiger partial charge < -0.3 is 31.3 Å². The molecule has 1 saturated carbocycles. The van der Waals surface area contributed by atoms with Gasteiger partial charge in [-0.15, -0.1) is 0 Å². The van der Waals surface area contributed by atoms with Crippen LogP contribution in [0, 0.1) is 11.8 Å². The Kier molecular flexibility index (Phi) is 4.90. The molecule has 0 bridgehead atoms. The number of ketones is 2. The first-order valence-corrected chi connectivity index (χ1v) is 10.1. The molecule has 4 rings (SSSR count). The molecule has 1 aromatic carbocycles. The van der Waals surface area contributed by atoms with E-state index in [9.17, 15) is 39.9 Å². The van der Waals surface area contributed by atoms with E-state index in [0.717, 1.165) is 0 Å². The lowest BCUT2D eigenvalue weighted by molar-refractivity contribution is -0.155. The summed E-state index contributed by atoms with van der Waals surface area (Å²) in [6, 6.07) is 1.25. The van der Waals surface area contributed by atoms with Crippen LogP contribution in [-0.4, -0.2) is 73.6 Å². The number of rotatable bonds is 2. The molecule has 0 spiro atoms. The van der Waals surface area contributed by atoms with E-state index in [4.69, 9.17) is 17.3 Å². The third-order valence-corrected chi connectivity index (χ3v) is 6.97. The van der Waals surface area contributed by atoms with Crippen LogP contribution in [0.3, 0.4) is 0 Å². The third-order valence-electron chi connectivity index (χ3n) is 6.64. The van der Waals surface area contributed by atoms with Gasteiger partial charge in [0, 0.05) is 28.0 Å². The van der Waals surface area contributed by atoms with E-state index in [0.29, 0.717) is 0 Å². The van der Waals surface area contributed by atoms with Gasteiger partial charge >= 0.3 is 0 Å². The maximum Gasteiger partial charge on any atom is 0.255 e. The molecule has 0 aromatic heterocycles. The average Bonchev–Trinajstić information content (AvgIpc) is 2.69. The Morgan fingerprint density at radius 3 is 2.41 bits per heavy atom. The van der Waals surface area contributed by atoms with Crippen molar-refractivity contribution in [3.63, 3.8) is 0 Å². The van der Waals surface area contributed by atoms with E-state index in [2.05, 4.69) is 0 Å². The first kappa shape index (κ1) is 22.3. The Balaban J connectivity index is 2.03. The SMILES string of the molecule is CN(C)C1C(=O)C(C(N)=O)=C(O)[C@@]2(O)C(=O)C3=C(O)c4c(O)ccc(Cl)c4C(O)C3CC12. The third kappa shape index (κ3) is 2.61. The average molecular weight is 465 g/mol. The van der Waals surface area contributed by atoms with Crippen LogP contribution >= 0.6 is 11.6 Å². The summed E-state index contributed by atoms with van der Waals surface area (Å²) in [5.41, 5.74) is 0.845. The largest absolute Gasteiger partial charge is 0.508 e. The van der Waals surface area contributed by atoms with Crippen molar-refractivity contribution in [2.45, 2.75) is 24.2 Å². The lowest BCUT2D eigenvalue weighted by Crippen LogP contribution is -2.66. The van der Waals surface area contributed by atoms with Gasteiger partial charge in [0.05, 0.1) is 17.7 Å². The summed E-state index contributed by atoms with van der Waals surface area (Å²) in [6.45, 7) is 0. The fourth-order valence-corrected chi connectivity index (χ4v) is 5.51. The summed E-state index contributed by atoms with van der Waals surface area (Å²) in [5, 5.41) is 54.4. The molecule has 0 aliphatic heterocycles. The Bertz CT molecular complexity index is 1160. The highest BCUT2D eigenvalue weighted by atomic mass is 35.5. The number of primary amides is 1. The maximum absolute atomic E-state index is 13.6. The van der Waals surface area contributed by atoms with E-state index >= 15 is 0 Å². The van der Waals surface area contributed by atoms with Gasteiger partial charge in [-0.1, -0.05) is 11.6 Å². The number of aliphatic hydroxyl groups excluding tert-OH is 3. The van der Waals surface area contributed by atoms with Crippen LogP contribution in [-0.2, 0) is 14.4 Å². The van der Waals surface area contributed by atoms with E-state index in [-0.39, 0.29) is 22.6 Å². The number of amides is 1. The molecule has 1 amide bonds. The molecule has 11 heteroatoms. The number of fused-ring (bicyclic) bond motifs is 3. The van der Waals surface area contributed by atoms with Gasteiger partial charge in [0.15, 0.2) is 11.4 Å². The van der Waals surface area contributed by atoms with Crippen molar-refractivity contribution in [2.24, 2.45) is 17.6 Å². The zero-order chi connectivity index (χ0) is 23.9. The molecule has 3 aliphatic rings. The van der Waals surface area contributed by atoms with Crippen LogP contribution in [0.1, 0.15) is 23.7 Å². The lowest BCUT2D eigenvalue weighted by Gasteiger charge is -2.51. The number of halogens is 1. The molecule has 1 fully saturated rings. The number of nitrogens with two attached hydrogens (primary N) is 1. The monoisotopic (exact) mass is 464 g/mol. The second kappa shape index (κ2) is 7.04. The van der Waals surface area contributed by atoms with Crippen LogP contribution in [0.25, 0.3) is 5.76 Å². The number of likely N-dealkylation sites (N-methyl/N-ethyl adjacent to an activating group) is 1. The zero-order valence-corrected chi connectivity index (χ0v) is 17.8. The predicted octanol–water partition coefficient (Wildman–Crippen LogP) is 0.108. The first-order valence-electron chi connectivity index (χ1n) is 9.69. The van der Waals surface area contributed by atoms with E-state index in [1.54, 1.807) is 0 Å². The number of benzene rings is 1. The van der Waals surface area contributed by atoms with Crippen LogP contribution in [0.15, 0.2) is 29.0 Å². The number of nitrogens with zero attached hydrogens (tertiary/aromatic N) is 1. The van der Waals surface area contributed by atoms with Gasteiger partial charge in [-0.25, -0.2) is 0 Å². The zero-order valence-electron chi connectivity index (χ0n) is 17.0. The van der Waals surface area contributed by atoms with Gasteiger partial charge in [0.2, 0.25) is 5.78 Å². The van der Waals surface area contributed by atoms with Crippen molar-refractivity contribution < 1.29 is 39.9 Å². The highest BCUT2D eigenvalue weighted by Crippen LogP contribution is 2.56. The summed E-state index contributed by atoms with van der Waals surface area (Å²) in [6.07, 6.45) is -1.70. The van der Waals surface area contributed by atoms with Crippen molar-refractivity contribution in [1.82, 2.24) is 4.90 Å². The lowest BCUT2D eigenvalue weighted by atomic mass is 9.57. The number of aliphatic hydroxyl groups is 4. The number of aromatic hydroxyl groups is 1. The Morgan fingerprint density at radius 1 is 1.22 bits per heavy atom. The fraction of sp³-hybridized carbons (Fsp3) is 0.381. The molecule has 7 N–H and O–H groups in total. The molecular weight excluding hydrogens is 444 g/mol. The molecule has 0 heterocycles. The van der Waals surface area contributed by atoms with Crippen LogP contribution in [0.4, 0.5) is 0 Å². The molecule has 5 atom stereocenters. The minimum atomic E-state index is -2.77. The highest BCUT2D eigenvalue weighted by molar-refractivity contribution is 6.32. The molecule has 170 valence electrons. The molecular formula is C21H21ClN2O8. The van der Waals surface area contributed by atoms with Crippen LogP contribution < -0.4 is 5.73 Å². The van der Waals surface area contributed by atoms with Crippen LogP contribution in [0.2, 0.25) is 5.02 Å². The maximum atomic E-state index is 13.6. The number of phenolic OH excluding ortho intramolecular Hbond substituents is 1. The van der Waals surface area contributed by atoms with Crippen molar-refractivity contribution in [1.29, 1.82) is 0 Å². The summed E-state index contributed by atoms with van der Waals surface area (Å²) >= 11 is 6.19. The van der Waals surface area contributed by atoms with Crippen molar-refractivity contribution in [3.8, 4) is 5.75 Å². The smallest absolute Gasteiger partial charge is 0.255 e. The molecule has 3 aliphatic carbocycles. The summed E-state index contributed by atoms with van der Waals surface area (Å²) in [7, 11) is 2.97. The summed E-state index contributed by atoms with van der Waals surface area (Å²) in [5.74, 6) is -8.19. The van der Waals surface area contributed by atoms with Gasteiger partial charge in [-0.2, -0.15) is 0 Å². The Morgan fingerprint density at radius 2 is 1.84 bits per heavy atom. The van der Waals surface area contributed by atoms with Crippen molar-refractivity contribution in [3.05, 3.63) is 45.2 Å². The molecule has 0 saturated heterocycles. The van der Waals surface area contributed by atoms with Crippen LogP contribution in [0.5, 0.6) is 5.75 Å². The predicted molar refractivity (Wildman–Crippen MR) is 111 cm³/mol. The second-order valence-corrected chi connectivity index (χ2v) is 8.87. The highest BCUT2D eigenvalue weighted by Gasteiger charge is 2.65. The number of carbonyl (C=O) groups excluding carboxylic acids is 3. The minimum absolute atomic E-state index is 0.00251. The molecule has 10 nitrogen and oxygen atoms in total. The standard InChI is InChI=1S/C21H21ClN2O8/c1-24(2)14-7-5-6-10(16(27)12-9(25)4-3-8(22)11(12)15(6)26)18(29)21(7,32)19(30)13(17(14)28)20(23)31/h3-4,6-7,14-15,25-27,30,32H,5H2,1-2H3,(H2,23,31)/t6?,7?,14?,15?,21-/m0/s1. The number of hydrogen-bond donors (Lipinski definition) is 6. The number of Topliss-reactive ketones (excluding diaryl/α,β-unsaturated/α-hetero) is 2. The molecule has 32 heavy (non-hydrogen) atoms. The first-order chi connectivity index (χ1) is 14.8. The van der Waals surface area contributed by atoms with E-state index < -0.39 is 75.5 Å². The topological polar surface area (TPSA) is 182 Å². The van der Waals surface area contributed by atoms with E-state index in [1.807, 2.05) is 0 Å². The van der Waals surface area contributed by atoms with Gasteiger partial charge in [-0.05, 0) is 32.6 Å². The summed E-state index contributed by atoms with van der Waals surface area (Å²) < 4.78 is 0. The number of phenols is 1. The second-order valence-electron chi connectivity index (χ2n) is 8.47. The van der Waals surface area contributed by atoms with Gasteiger partial charge in [0.1, 0.15) is 22.8 Å². The fourth-order valence-electron chi connectivity index (χ4n) is 5.24. The number of hydrogen-bond acceptors (Lipinski definition) is 9. The molecule has 4 unspecified atom stereocenters. The Hall–Kier alpha value is -2.92. The quantitative estimate of drug-likeness (QED) is 0.331. The normalized spacial score (nSPS) is 32.1. The Labute approximate surface area is 186 Å². The van der Waals surface area contributed by atoms with Gasteiger partial charge in [0.25, 0.3) is 5.91 Å². The van der Waals surface area contributed by atoms with E-state index in [1.165, 1.54) is 31.1 Å². The number of carbonyl (C=O) groups is 3. The van der Waals surface area contributed by atoms with Gasteiger partial charge in [-0.3, -0.25) is 19.3 Å².